The molecule has 1 fully saturated rings. The average molecular weight is 350 g/mol. The molecule has 25 heavy (non-hydrogen) atoms. The van der Waals surface area contributed by atoms with Gasteiger partial charge in [0.2, 0.25) is 0 Å². The van der Waals surface area contributed by atoms with Gasteiger partial charge in [-0.15, -0.1) is 0 Å². The summed E-state index contributed by atoms with van der Waals surface area (Å²) in [5, 5.41) is 32.3. The number of carbonyl (C=O) groups is 1. The number of hydrogen-bond donors (Lipinski definition) is 3. The molecular weight excluding hydrogens is 331 g/mol. The third-order valence-corrected chi connectivity index (χ3v) is 4.18. The summed E-state index contributed by atoms with van der Waals surface area (Å²) in [6.45, 7) is 0.523. The van der Waals surface area contributed by atoms with Crippen LogP contribution in [0.2, 0.25) is 0 Å². The molecule has 0 spiro atoms. The first-order chi connectivity index (χ1) is 12.1. The predicted molar refractivity (Wildman–Crippen MR) is 88.2 cm³/mol. The molecule has 2 aliphatic heterocycles. The smallest absolute Gasteiger partial charge is 0.486 e. The molecule has 0 aromatic heterocycles. The Balaban J connectivity index is 1.96. The highest BCUT2D eigenvalue weighted by molar-refractivity contribution is 6.60. The van der Waals surface area contributed by atoms with Crippen molar-refractivity contribution in [2.45, 2.75) is 12.5 Å². The van der Waals surface area contributed by atoms with E-state index in [9.17, 15) is 19.9 Å². The molecule has 134 valence electrons. The third kappa shape index (κ3) is 3.28. The van der Waals surface area contributed by atoms with Crippen LogP contribution in [0.1, 0.15) is 16.8 Å². The highest BCUT2D eigenvalue weighted by atomic mass is 16.6. The summed E-state index contributed by atoms with van der Waals surface area (Å²) < 4.78 is 11.0. The number of nitrogens with zero attached hydrogens (tertiary/aromatic N) is 2. The van der Waals surface area contributed by atoms with E-state index in [1.54, 1.807) is 0 Å². The lowest BCUT2D eigenvalue weighted by Crippen LogP contribution is -2.39. The molecule has 0 unspecified atom stereocenters. The van der Waals surface area contributed by atoms with Gasteiger partial charge in [-0.05, 0) is 6.07 Å². The van der Waals surface area contributed by atoms with E-state index in [4.69, 9.17) is 14.3 Å². The number of ether oxygens (including phenoxy) is 2. The summed E-state index contributed by atoms with van der Waals surface area (Å²) in [5.74, 6) is -0.0330. The number of rotatable bonds is 4. The molecule has 1 amide bonds. The quantitative estimate of drug-likeness (QED) is 0.439. The Hall–Kier alpha value is -2.30. The van der Waals surface area contributed by atoms with Crippen molar-refractivity contribution in [1.29, 1.82) is 0 Å². The lowest BCUT2D eigenvalue weighted by Gasteiger charge is -2.27. The Bertz CT molecular complexity index is 695. The van der Waals surface area contributed by atoms with Gasteiger partial charge in [0.05, 0.1) is 30.5 Å². The molecule has 10 heteroatoms. The van der Waals surface area contributed by atoms with Crippen molar-refractivity contribution in [1.82, 2.24) is 4.90 Å². The van der Waals surface area contributed by atoms with Gasteiger partial charge >= 0.3 is 7.12 Å². The second-order valence-corrected chi connectivity index (χ2v) is 5.74. The van der Waals surface area contributed by atoms with Gasteiger partial charge in [-0.3, -0.25) is 4.79 Å². The Kier molecular flexibility index (Phi) is 5.12. The highest BCUT2D eigenvalue weighted by Crippen LogP contribution is 2.34. The molecule has 0 bridgehead atoms. The molecule has 1 aromatic rings. The average Bonchev–Trinajstić information content (AvgIpc) is 3.03. The molecule has 9 nitrogen and oxygen atoms in total. The lowest BCUT2D eigenvalue weighted by molar-refractivity contribution is 0.0670. The minimum absolute atomic E-state index is 0.132. The van der Waals surface area contributed by atoms with E-state index in [1.165, 1.54) is 24.1 Å². The van der Waals surface area contributed by atoms with Gasteiger partial charge in [0.15, 0.2) is 11.5 Å². The van der Waals surface area contributed by atoms with Crippen LogP contribution in [0.15, 0.2) is 17.3 Å². The number of fused-ring (bicyclic) bond motifs is 1. The fourth-order valence-electron chi connectivity index (χ4n) is 3.05. The van der Waals surface area contributed by atoms with E-state index in [2.05, 4.69) is 5.16 Å². The maximum atomic E-state index is 13.0. The zero-order valence-corrected chi connectivity index (χ0v) is 13.7. The van der Waals surface area contributed by atoms with Crippen molar-refractivity contribution in [3.05, 3.63) is 17.7 Å². The van der Waals surface area contributed by atoms with Crippen molar-refractivity contribution < 1.29 is 34.3 Å². The first-order valence-corrected chi connectivity index (χ1v) is 7.86. The van der Waals surface area contributed by atoms with Gasteiger partial charge in [-0.2, -0.15) is 0 Å². The standard InChI is InChI=1S/C15H19BN2O7/c1-23-17-9-6-10(8-19)18(7-9)15(20)11-2-3-12(16(21)22)14-13(11)24-4-5-25-14/h2-3,10,19,21-22H,4-8H2,1H3/t10-/m0/s1. The van der Waals surface area contributed by atoms with Crippen LogP contribution in [0.5, 0.6) is 11.5 Å². The summed E-state index contributed by atoms with van der Waals surface area (Å²) in [7, 11) is -0.316. The minimum atomic E-state index is -1.74. The SMILES string of the molecule is CON=C1C[C@@H](CO)N(C(=O)c2ccc(B(O)O)c3c2OCCO3)C1. The second-order valence-electron chi connectivity index (χ2n) is 5.74. The van der Waals surface area contributed by atoms with Crippen molar-refractivity contribution >= 4 is 24.2 Å². The molecule has 2 aliphatic rings. The van der Waals surface area contributed by atoms with Crippen molar-refractivity contribution in [2.75, 3.05) is 33.5 Å². The number of aliphatic hydroxyl groups excluding tert-OH is 1. The van der Waals surface area contributed by atoms with Crippen LogP contribution >= 0.6 is 0 Å². The number of oxime groups is 1. The van der Waals surface area contributed by atoms with E-state index in [0.29, 0.717) is 12.1 Å². The highest BCUT2D eigenvalue weighted by Gasteiger charge is 2.36. The maximum absolute atomic E-state index is 13.0. The normalized spacial score (nSPS) is 20.7. The van der Waals surface area contributed by atoms with Crippen LogP contribution in [0.25, 0.3) is 0 Å². The molecule has 0 saturated carbocycles. The molecular formula is C15H19BN2O7. The lowest BCUT2D eigenvalue weighted by atomic mass is 9.78. The van der Waals surface area contributed by atoms with Crippen molar-refractivity contribution in [3.8, 4) is 11.5 Å². The van der Waals surface area contributed by atoms with Crippen LogP contribution in [0, 0.1) is 0 Å². The number of benzene rings is 1. The van der Waals surface area contributed by atoms with Crippen LogP contribution in [0.3, 0.4) is 0 Å². The molecule has 1 atom stereocenters. The molecule has 3 rings (SSSR count). The van der Waals surface area contributed by atoms with Crippen LogP contribution in [-0.4, -0.2) is 78.3 Å². The molecule has 1 saturated heterocycles. The van der Waals surface area contributed by atoms with E-state index >= 15 is 0 Å². The maximum Gasteiger partial charge on any atom is 0.492 e. The molecule has 3 N–H and O–H groups in total. The van der Waals surface area contributed by atoms with Gasteiger partial charge in [0, 0.05) is 11.9 Å². The summed E-state index contributed by atoms with van der Waals surface area (Å²) in [5.41, 5.74) is 1.02. The topological polar surface area (TPSA) is 121 Å². The number of likely N-dealkylation sites (tertiary alicyclic amines) is 1. The Morgan fingerprint density at radius 1 is 1.36 bits per heavy atom. The first kappa shape index (κ1) is 17.5. The van der Waals surface area contributed by atoms with Gasteiger partial charge in [0.25, 0.3) is 5.91 Å². The number of amides is 1. The monoisotopic (exact) mass is 350 g/mol. The van der Waals surface area contributed by atoms with E-state index < -0.39 is 13.2 Å². The fourth-order valence-corrected chi connectivity index (χ4v) is 3.05. The predicted octanol–water partition coefficient (Wildman–Crippen LogP) is -1.65. The van der Waals surface area contributed by atoms with Gasteiger partial charge < -0.3 is 34.4 Å². The van der Waals surface area contributed by atoms with Crippen LogP contribution in [-0.2, 0) is 4.84 Å². The summed E-state index contributed by atoms with van der Waals surface area (Å²) in [4.78, 5) is 19.2. The molecule has 0 radical (unpaired) electrons. The Morgan fingerprint density at radius 3 is 2.72 bits per heavy atom. The fraction of sp³-hybridized carbons (Fsp3) is 0.467. The number of aliphatic hydroxyl groups is 1. The van der Waals surface area contributed by atoms with E-state index in [0.717, 1.165) is 0 Å². The minimum Gasteiger partial charge on any atom is -0.486 e. The molecule has 1 aromatic carbocycles. The van der Waals surface area contributed by atoms with Crippen LogP contribution in [0.4, 0.5) is 0 Å². The summed E-state index contributed by atoms with van der Waals surface area (Å²) in [6, 6.07) is 2.47. The largest absolute Gasteiger partial charge is 0.492 e. The third-order valence-electron chi connectivity index (χ3n) is 4.18. The first-order valence-electron chi connectivity index (χ1n) is 7.86. The van der Waals surface area contributed by atoms with Crippen LogP contribution < -0.4 is 14.9 Å². The summed E-state index contributed by atoms with van der Waals surface area (Å²) in [6.07, 6.45) is 0.420. The van der Waals surface area contributed by atoms with E-state index in [-0.39, 0.29) is 54.8 Å². The van der Waals surface area contributed by atoms with Gasteiger partial charge in [-0.25, -0.2) is 0 Å². The summed E-state index contributed by atoms with van der Waals surface area (Å²) >= 11 is 0. The number of hydrogen-bond acceptors (Lipinski definition) is 8. The molecule has 2 heterocycles. The van der Waals surface area contributed by atoms with Gasteiger partial charge in [0.1, 0.15) is 20.3 Å². The second kappa shape index (κ2) is 7.30. The van der Waals surface area contributed by atoms with E-state index in [1.807, 2.05) is 0 Å². The Labute approximate surface area is 144 Å². The zero-order chi connectivity index (χ0) is 18.0. The molecule has 0 aliphatic carbocycles. The Morgan fingerprint density at radius 2 is 2.08 bits per heavy atom. The zero-order valence-electron chi connectivity index (χ0n) is 13.7. The van der Waals surface area contributed by atoms with Crippen molar-refractivity contribution in [3.63, 3.8) is 0 Å². The van der Waals surface area contributed by atoms with Gasteiger partial charge in [-0.1, -0.05) is 11.2 Å². The number of carbonyl (C=O) groups excluding carboxylic acids is 1. The van der Waals surface area contributed by atoms with Crippen molar-refractivity contribution in [2.24, 2.45) is 5.16 Å².